The lowest BCUT2D eigenvalue weighted by atomic mass is 10.1. The Kier molecular flexibility index (Phi) is 6.25. The number of nitrogens with two attached hydrogens (primary N) is 1. The number of ether oxygens (including phenoxy) is 3. The lowest BCUT2D eigenvalue weighted by molar-refractivity contribution is -0.0742. The van der Waals surface area contributed by atoms with Gasteiger partial charge in [-0.15, -0.1) is 0 Å². The Morgan fingerprint density at radius 1 is 0.970 bits per heavy atom. The van der Waals surface area contributed by atoms with E-state index in [1.807, 2.05) is 60.7 Å². The van der Waals surface area contributed by atoms with Gasteiger partial charge in [0.15, 0.2) is 17.6 Å². The predicted octanol–water partition coefficient (Wildman–Crippen LogP) is 3.29. The molecule has 9 heteroatoms. The molecule has 0 aliphatic carbocycles. The van der Waals surface area contributed by atoms with Crippen molar-refractivity contribution in [2.45, 2.75) is 37.7 Å². The van der Waals surface area contributed by atoms with E-state index in [1.165, 1.54) is 17.0 Å². The number of hydrogen-bond acceptors (Lipinski definition) is 7. The third kappa shape index (κ3) is 4.56. The fraction of sp³-hybridized carbons (Fsp3) is 0.292. The Hall–Kier alpha value is -3.40. The van der Waals surface area contributed by atoms with Crippen LogP contribution in [-0.2, 0) is 27.4 Å². The van der Waals surface area contributed by atoms with Crippen LogP contribution in [-0.4, -0.2) is 44.6 Å². The van der Waals surface area contributed by atoms with Crippen LogP contribution in [0.3, 0.4) is 0 Å². The lowest BCUT2D eigenvalue weighted by Gasteiger charge is -2.20. The van der Waals surface area contributed by atoms with Crippen LogP contribution in [0.15, 0.2) is 73.2 Å². The van der Waals surface area contributed by atoms with Crippen molar-refractivity contribution in [1.82, 2.24) is 19.6 Å². The lowest BCUT2D eigenvalue weighted by Crippen LogP contribution is -2.34. The van der Waals surface area contributed by atoms with Crippen molar-refractivity contribution in [3.8, 4) is 0 Å². The standard InChI is InChI=1S/C24H24FN5O3/c25-20-21(18-11-27-24-23(26)28-15-29-30(18)24)33-19(14-31-12-16-7-3-1-4-8-16)22(20)32-13-17-9-5-2-6-10-17/h1-11,15,19-22H,12-14H2,(H2,26,28,29)/t19-,20+,21+,22-/m1/s1. The summed E-state index contributed by atoms with van der Waals surface area (Å²) in [7, 11) is 0. The summed E-state index contributed by atoms with van der Waals surface area (Å²) < 4.78 is 35.2. The minimum Gasteiger partial charge on any atom is -0.381 e. The highest BCUT2D eigenvalue weighted by atomic mass is 19.1. The molecule has 33 heavy (non-hydrogen) atoms. The number of fused-ring (bicyclic) bond motifs is 1. The molecular formula is C24H24FN5O3. The number of benzene rings is 2. The van der Waals surface area contributed by atoms with Gasteiger partial charge in [0.2, 0.25) is 0 Å². The number of nitrogens with zero attached hydrogens (tertiary/aromatic N) is 4. The second-order valence-corrected chi connectivity index (χ2v) is 7.87. The zero-order valence-electron chi connectivity index (χ0n) is 17.8. The minimum absolute atomic E-state index is 0.180. The molecule has 4 aromatic rings. The number of alkyl halides is 1. The molecule has 0 saturated carbocycles. The van der Waals surface area contributed by atoms with Gasteiger partial charge in [-0.2, -0.15) is 5.10 Å². The Labute approximate surface area is 190 Å². The Balaban J connectivity index is 1.35. The highest BCUT2D eigenvalue weighted by molar-refractivity contribution is 5.58. The Bertz CT molecular complexity index is 1190. The molecule has 0 bridgehead atoms. The summed E-state index contributed by atoms with van der Waals surface area (Å²) in [4.78, 5) is 8.17. The molecule has 1 saturated heterocycles. The molecule has 0 amide bonds. The topological polar surface area (TPSA) is 96.8 Å². The van der Waals surface area contributed by atoms with Gasteiger partial charge in [0, 0.05) is 0 Å². The largest absolute Gasteiger partial charge is 0.381 e. The summed E-state index contributed by atoms with van der Waals surface area (Å²) in [6.07, 6.45) is -0.994. The van der Waals surface area contributed by atoms with Gasteiger partial charge in [-0.3, -0.25) is 0 Å². The Morgan fingerprint density at radius 2 is 1.67 bits per heavy atom. The molecule has 1 fully saturated rings. The van der Waals surface area contributed by atoms with Gasteiger partial charge in [0.25, 0.3) is 0 Å². The molecule has 2 aromatic heterocycles. The fourth-order valence-corrected chi connectivity index (χ4v) is 3.96. The summed E-state index contributed by atoms with van der Waals surface area (Å²) >= 11 is 0. The van der Waals surface area contributed by atoms with Crippen molar-refractivity contribution in [3.05, 3.63) is 90.0 Å². The molecule has 2 aromatic carbocycles. The van der Waals surface area contributed by atoms with Crippen LogP contribution in [0.4, 0.5) is 10.2 Å². The molecule has 0 spiro atoms. The molecule has 3 heterocycles. The van der Waals surface area contributed by atoms with E-state index in [0.29, 0.717) is 17.9 Å². The number of rotatable bonds is 8. The van der Waals surface area contributed by atoms with Crippen LogP contribution in [0.2, 0.25) is 0 Å². The first-order valence-electron chi connectivity index (χ1n) is 10.7. The molecular weight excluding hydrogens is 425 g/mol. The van der Waals surface area contributed by atoms with Gasteiger partial charge < -0.3 is 19.9 Å². The molecule has 5 rings (SSSR count). The van der Waals surface area contributed by atoms with Crippen molar-refractivity contribution in [2.24, 2.45) is 0 Å². The summed E-state index contributed by atoms with van der Waals surface area (Å²) in [6.45, 7) is 0.839. The zero-order chi connectivity index (χ0) is 22.6. The van der Waals surface area contributed by atoms with E-state index in [4.69, 9.17) is 19.9 Å². The molecule has 8 nitrogen and oxygen atoms in total. The number of imidazole rings is 1. The average Bonchev–Trinajstić information content (AvgIpc) is 3.41. The zero-order valence-corrected chi connectivity index (χ0v) is 17.8. The average molecular weight is 449 g/mol. The minimum atomic E-state index is -1.45. The molecule has 1 aliphatic rings. The van der Waals surface area contributed by atoms with Crippen molar-refractivity contribution >= 4 is 11.5 Å². The highest BCUT2D eigenvalue weighted by Crippen LogP contribution is 2.38. The van der Waals surface area contributed by atoms with E-state index in [1.54, 1.807) is 0 Å². The van der Waals surface area contributed by atoms with Gasteiger partial charge in [-0.1, -0.05) is 60.7 Å². The summed E-state index contributed by atoms with van der Waals surface area (Å²) in [5, 5.41) is 4.17. The highest BCUT2D eigenvalue weighted by Gasteiger charge is 2.48. The van der Waals surface area contributed by atoms with Crippen LogP contribution in [0.5, 0.6) is 0 Å². The second-order valence-electron chi connectivity index (χ2n) is 7.87. The van der Waals surface area contributed by atoms with Crippen LogP contribution < -0.4 is 5.73 Å². The smallest absolute Gasteiger partial charge is 0.196 e. The van der Waals surface area contributed by atoms with E-state index >= 15 is 4.39 Å². The van der Waals surface area contributed by atoms with Crippen LogP contribution in [0.1, 0.15) is 22.9 Å². The number of hydrogen-bond donors (Lipinski definition) is 1. The van der Waals surface area contributed by atoms with E-state index < -0.39 is 24.5 Å². The van der Waals surface area contributed by atoms with Crippen molar-refractivity contribution in [1.29, 1.82) is 0 Å². The molecule has 2 N–H and O–H groups in total. The fourth-order valence-electron chi connectivity index (χ4n) is 3.96. The molecule has 0 radical (unpaired) electrons. The maximum atomic E-state index is 15.7. The second kappa shape index (κ2) is 9.62. The van der Waals surface area contributed by atoms with E-state index in [2.05, 4.69) is 15.1 Å². The van der Waals surface area contributed by atoms with Crippen molar-refractivity contribution < 1.29 is 18.6 Å². The van der Waals surface area contributed by atoms with Crippen LogP contribution in [0.25, 0.3) is 5.65 Å². The Morgan fingerprint density at radius 3 is 2.39 bits per heavy atom. The molecule has 4 atom stereocenters. The van der Waals surface area contributed by atoms with E-state index in [0.717, 1.165) is 11.1 Å². The molecule has 1 aliphatic heterocycles. The van der Waals surface area contributed by atoms with Gasteiger partial charge in [-0.05, 0) is 11.1 Å². The van der Waals surface area contributed by atoms with Crippen LogP contribution >= 0.6 is 0 Å². The summed E-state index contributed by atoms with van der Waals surface area (Å²) in [6, 6.07) is 19.4. The molecule has 170 valence electrons. The maximum absolute atomic E-state index is 15.7. The number of anilines is 1. The predicted molar refractivity (Wildman–Crippen MR) is 119 cm³/mol. The number of halogens is 1. The number of aromatic nitrogens is 4. The normalized spacial score (nSPS) is 22.7. The van der Waals surface area contributed by atoms with Crippen LogP contribution in [0, 0.1) is 0 Å². The van der Waals surface area contributed by atoms with Gasteiger partial charge in [-0.25, -0.2) is 18.9 Å². The van der Waals surface area contributed by atoms with Gasteiger partial charge in [0.1, 0.15) is 24.6 Å². The first kappa shape index (κ1) is 21.4. The molecule has 0 unspecified atom stereocenters. The van der Waals surface area contributed by atoms with Gasteiger partial charge >= 0.3 is 0 Å². The first-order valence-corrected chi connectivity index (χ1v) is 10.7. The van der Waals surface area contributed by atoms with Gasteiger partial charge in [0.05, 0.1) is 31.7 Å². The summed E-state index contributed by atoms with van der Waals surface area (Å²) in [5.41, 5.74) is 8.66. The third-order valence-electron chi connectivity index (χ3n) is 5.62. The first-order chi connectivity index (χ1) is 16.2. The van der Waals surface area contributed by atoms with E-state index in [-0.39, 0.29) is 19.0 Å². The maximum Gasteiger partial charge on any atom is 0.196 e. The van der Waals surface area contributed by atoms with Crippen molar-refractivity contribution in [2.75, 3.05) is 12.3 Å². The third-order valence-corrected chi connectivity index (χ3v) is 5.62. The van der Waals surface area contributed by atoms with E-state index in [9.17, 15) is 0 Å². The summed E-state index contributed by atoms with van der Waals surface area (Å²) in [5.74, 6) is 0.212. The van der Waals surface area contributed by atoms with Crippen molar-refractivity contribution in [3.63, 3.8) is 0 Å². The quantitative estimate of drug-likeness (QED) is 0.441. The monoisotopic (exact) mass is 449 g/mol. The number of nitrogen functional groups attached to an aromatic ring is 1. The SMILES string of the molecule is Nc1ncnn2c([C@@H]3O[C@H](COCc4ccccc4)[C@@H](OCc4ccccc4)[C@H]3F)cnc12.